The summed E-state index contributed by atoms with van der Waals surface area (Å²) in [7, 11) is 0. The minimum atomic E-state index is -0.465. The van der Waals surface area contributed by atoms with Crippen molar-refractivity contribution in [2.75, 3.05) is 0 Å². The lowest BCUT2D eigenvalue weighted by Gasteiger charge is -2.06. The number of rotatable bonds is 1. The summed E-state index contributed by atoms with van der Waals surface area (Å²) < 4.78 is 14.9. The van der Waals surface area contributed by atoms with Crippen LogP contribution in [0.15, 0.2) is 34.8 Å². The zero-order valence-corrected chi connectivity index (χ0v) is 11.1. The Kier molecular flexibility index (Phi) is 3.42. The van der Waals surface area contributed by atoms with Gasteiger partial charge >= 0.3 is 0 Å². The van der Waals surface area contributed by atoms with Gasteiger partial charge in [-0.25, -0.2) is 4.39 Å². The summed E-state index contributed by atoms with van der Waals surface area (Å²) in [5.74, 6) is -0.465. The predicted molar refractivity (Wildman–Crippen MR) is 69.7 cm³/mol. The third kappa shape index (κ3) is 2.19. The Hall–Kier alpha value is -0.710. The van der Waals surface area contributed by atoms with E-state index in [0.717, 1.165) is 0 Å². The van der Waals surface area contributed by atoms with E-state index in [2.05, 4.69) is 20.9 Å². The van der Waals surface area contributed by atoms with Crippen LogP contribution < -0.4 is 0 Å². The summed E-state index contributed by atoms with van der Waals surface area (Å²) in [4.78, 5) is 2.91. The van der Waals surface area contributed by atoms with Crippen LogP contribution in [0.2, 0.25) is 5.02 Å². The van der Waals surface area contributed by atoms with Crippen molar-refractivity contribution in [3.05, 3.63) is 50.3 Å². The first-order valence-corrected chi connectivity index (χ1v) is 6.00. The molecule has 0 aliphatic heterocycles. The van der Waals surface area contributed by atoms with E-state index in [1.165, 1.54) is 0 Å². The van der Waals surface area contributed by atoms with Gasteiger partial charge in [-0.3, -0.25) is 0 Å². The quantitative estimate of drug-likeness (QED) is 0.580. The Morgan fingerprint density at radius 2 is 2.00 bits per heavy atom. The monoisotopic (exact) mass is 317 g/mol. The van der Waals surface area contributed by atoms with Crippen molar-refractivity contribution < 1.29 is 4.39 Å². The van der Waals surface area contributed by atoms with E-state index in [4.69, 9.17) is 23.8 Å². The highest BCUT2D eigenvalue weighted by Gasteiger charge is 2.11. The lowest BCUT2D eigenvalue weighted by molar-refractivity contribution is 0.630. The Labute approximate surface area is 110 Å². The van der Waals surface area contributed by atoms with Gasteiger partial charge in [0.2, 0.25) is 0 Å². The second-order valence-corrected chi connectivity index (χ2v) is 4.82. The smallest absolute Gasteiger partial charge is 0.152 e. The lowest BCUT2D eigenvalue weighted by atomic mass is 10.1. The standard InChI is InChI=1S/C11H6BrClFNS/c12-7-5-4-6(11(14)10(7)13)8-2-1-3-9(16)15-8/h1-5H,(H,15,16). The number of benzene rings is 1. The molecule has 2 aromatic rings. The molecule has 5 heteroatoms. The van der Waals surface area contributed by atoms with Crippen molar-refractivity contribution in [2.45, 2.75) is 0 Å². The maximum absolute atomic E-state index is 13.9. The second-order valence-electron chi connectivity index (χ2n) is 3.15. The molecular formula is C11H6BrClFNS. The third-order valence-electron chi connectivity index (χ3n) is 2.09. The van der Waals surface area contributed by atoms with Crippen LogP contribution in [0.5, 0.6) is 0 Å². The normalized spacial score (nSPS) is 10.4. The maximum atomic E-state index is 13.9. The predicted octanol–water partition coefficient (Wildman–Crippen LogP) is 4.97. The van der Waals surface area contributed by atoms with Crippen molar-refractivity contribution in [1.29, 1.82) is 0 Å². The van der Waals surface area contributed by atoms with E-state index in [1.54, 1.807) is 30.3 Å². The van der Waals surface area contributed by atoms with E-state index < -0.39 is 5.82 Å². The van der Waals surface area contributed by atoms with Crippen LogP contribution in [0.4, 0.5) is 4.39 Å². The van der Waals surface area contributed by atoms with Gasteiger partial charge in [-0.05, 0) is 40.2 Å². The molecule has 2 rings (SSSR count). The van der Waals surface area contributed by atoms with Gasteiger partial charge in [0.15, 0.2) is 5.82 Å². The highest BCUT2D eigenvalue weighted by molar-refractivity contribution is 9.10. The summed E-state index contributed by atoms with van der Waals surface area (Å²) in [6.07, 6.45) is 0. The molecule has 0 saturated heterocycles. The summed E-state index contributed by atoms with van der Waals surface area (Å²) >= 11 is 14.0. The maximum Gasteiger partial charge on any atom is 0.152 e. The van der Waals surface area contributed by atoms with Crippen molar-refractivity contribution in [2.24, 2.45) is 0 Å². The molecule has 0 amide bonds. The van der Waals surface area contributed by atoms with Gasteiger partial charge in [0.1, 0.15) is 4.64 Å². The van der Waals surface area contributed by atoms with Crippen LogP contribution in [-0.2, 0) is 0 Å². The molecule has 1 aromatic heterocycles. The van der Waals surface area contributed by atoms with Crippen molar-refractivity contribution in [1.82, 2.24) is 4.98 Å². The molecule has 0 spiro atoms. The number of halogens is 3. The van der Waals surface area contributed by atoms with Crippen molar-refractivity contribution in [3.8, 4) is 11.3 Å². The highest BCUT2D eigenvalue weighted by Crippen LogP contribution is 2.32. The number of H-pyrrole nitrogens is 1. The van der Waals surface area contributed by atoms with Crippen molar-refractivity contribution in [3.63, 3.8) is 0 Å². The molecular weight excluding hydrogens is 313 g/mol. The molecule has 0 saturated carbocycles. The number of aromatic nitrogens is 1. The summed E-state index contributed by atoms with van der Waals surface area (Å²) in [6, 6.07) is 8.59. The molecule has 82 valence electrons. The topological polar surface area (TPSA) is 15.8 Å². The minimum absolute atomic E-state index is 0.0701. The Morgan fingerprint density at radius 3 is 2.69 bits per heavy atom. The van der Waals surface area contributed by atoms with Crippen molar-refractivity contribution >= 4 is 39.7 Å². The number of pyridine rings is 1. The Bertz CT molecular complexity index is 597. The zero-order chi connectivity index (χ0) is 11.7. The van der Waals surface area contributed by atoms with Crippen LogP contribution in [0.3, 0.4) is 0 Å². The van der Waals surface area contributed by atoms with Gasteiger partial charge in [0.05, 0.1) is 5.02 Å². The lowest BCUT2D eigenvalue weighted by Crippen LogP contribution is -1.89. The van der Waals surface area contributed by atoms with E-state index >= 15 is 0 Å². The molecule has 16 heavy (non-hydrogen) atoms. The van der Waals surface area contributed by atoms with Crippen LogP contribution in [-0.4, -0.2) is 4.98 Å². The fourth-order valence-corrected chi connectivity index (χ4v) is 2.00. The number of nitrogens with one attached hydrogen (secondary N) is 1. The molecule has 0 bridgehead atoms. The fraction of sp³-hybridized carbons (Fsp3) is 0. The molecule has 1 aromatic carbocycles. The second kappa shape index (κ2) is 4.65. The largest absolute Gasteiger partial charge is 0.346 e. The van der Waals surface area contributed by atoms with Gasteiger partial charge in [-0.2, -0.15) is 0 Å². The van der Waals surface area contributed by atoms with E-state index in [1.807, 2.05) is 0 Å². The first-order chi connectivity index (χ1) is 7.59. The minimum Gasteiger partial charge on any atom is -0.346 e. The van der Waals surface area contributed by atoms with Gasteiger partial charge in [0, 0.05) is 15.7 Å². The molecule has 0 atom stereocenters. The molecule has 0 aliphatic carbocycles. The molecule has 1 N–H and O–H groups in total. The average Bonchev–Trinajstić information content (AvgIpc) is 2.26. The first kappa shape index (κ1) is 11.8. The van der Waals surface area contributed by atoms with E-state index in [0.29, 0.717) is 20.4 Å². The zero-order valence-electron chi connectivity index (χ0n) is 7.93. The molecule has 0 fully saturated rings. The van der Waals surface area contributed by atoms with Gasteiger partial charge < -0.3 is 4.98 Å². The summed E-state index contributed by atoms with van der Waals surface area (Å²) in [6.45, 7) is 0. The Morgan fingerprint density at radius 1 is 1.25 bits per heavy atom. The first-order valence-electron chi connectivity index (χ1n) is 4.43. The molecule has 1 nitrogen and oxygen atoms in total. The van der Waals surface area contributed by atoms with Crippen LogP contribution in [0.25, 0.3) is 11.3 Å². The van der Waals surface area contributed by atoms with Gasteiger partial charge in [0.25, 0.3) is 0 Å². The molecule has 0 unspecified atom stereocenters. The van der Waals surface area contributed by atoms with Crippen LogP contribution >= 0.6 is 39.7 Å². The van der Waals surface area contributed by atoms with Crippen LogP contribution in [0, 0.1) is 10.5 Å². The number of hydrogen-bond acceptors (Lipinski definition) is 1. The SMILES string of the molecule is Fc1c(-c2cccc(=S)[nH]2)ccc(Br)c1Cl. The number of aromatic amines is 1. The summed E-state index contributed by atoms with van der Waals surface area (Å²) in [5.41, 5.74) is 1.01. The average molecular weight is 319 g/mol. The molecule has 0 radical (unpaired) electrons. The highest BCUT2D eigenvalue weighted by atomic mass is 79.9. The summed E-state index contributed by atoms with van der Waals surface area (Å²) in [5, 5.41) is 0.0701. The Balaban J connectivity index is 2.66. The molecule has 0 aliphatic rings. The van der Waals surface area contributed by atoms with Gasteiger partial charge in [-0.1, -0.05) is 29.9 Å². The van der Waals surface area contributed by atoms with E-state index in [-0.39, 0.29) is 5.02 Å². The van der Waals surface area contributed by atoms with Gasteiger partial charge in [-0.15, -0.1) is 0 Å². The van der Waals surface area contributed by atoms with E-state index in [9.17, 15) is 4.39 Å². The fourth-order valence-electron chi connectivity index (χ4n) is 1.34. The third-order valence-corrected chi connectivity index (χ3v) is 3.59. The number of hydrogen-bond donors (Lipinski definition) is 1. The van der Waals surface area contributed by atoms with Crippen LogP contribution in [0.1, 0.15) is 0 Å². The molecule has 1 heterocycles.